The van der Waals surface area contributed by atoms with Gasteiger partial charge in [0.2, 0.25) is 12.7 Å². The Bertz CT molecular complexity index is 1810. The number of rotatable bonds is 4. The van der Waals surface area contributed by atoms with E-state index in [-0.39, 0.29) is 30.9 Å². The van der Waals surface area contributed by atoms with Crippen molar-refractivity contribution in [1.82, 2.24) is 15.1 Å². The Balaban J connectivity index is 1.52. The van der Waals surface area contributed by atoms with Crippen LogP contribution in [0.25, 0.3) is 0 Å². The third kappa shape index (κ3) is 4.99. The Morgan fingerprint density at radius 2 is 1.92 bits per heavy atom. The molecule has 2 aromatic rings. The first-order valence-electron chi connectivity index (χ1n) is 16.2. The van der Waals surface area contributed by atoms with Gasteiger partial charge in [-0.15, -0.1) is 11.8 Å². The van der Waals surface area contributed by atoms with Crippen molar-refractivity contribution in [1.29, 1.82) is 5.26 Å². The number of methoxy groups -OCH3 is 1. The number of carbonyl (C=O) groups is 3. The predicted octanol–water partition coefficient (Wildman–Crippen LogP) is 2.06. The predicted molar refractivity (Wildman–Crippen MR) is 176 cm³/mol. The molecule has 5 aliphatic heterocycles. The van der Waals surface area contributed by atoms with E-state index >= 15 is 0 Å². The van der Waals surface area contributed by atoms with E-state index in [9.17, 15) is 24.8 Å². The van der Waals surface area contributed by atoms with E-state index in [1.807, 2.05) is 20.0 Å². The number of phenolic OH excluding ortho intramolecular Hbond substituents is 1. The van der Waals surface area contributed by atoms with Crippen LogP contribution in [0, 0.1) is 25.2 Å². The topological polar surface area (TPSA) is 186 Å². The summed E-state index contributed by atoms with van der Waals surface area (Å²) in [5.74, 6) is -0.0698. The van der Waals surface area contributed by atoms with Gasteiger partial charge in [-0.25, -0.2) is 4.79 Å². The number of aromatic hydroxyl groups is 1. The van der Waals surface area contributed by atoms with Gasteiger partial charge in [-0.05, 0) is 45.4 Å². The van der Waals surface area contributed by atoms with Crippen LogP contribution in [0.15, 0.2) is 6.07 Å². The van der Waals surface area contributed by atoms with Crippen LogP contribution in [0.4, 0.5) is 0 Å². The molecule has 14 nitrogen and oxygen atoms in total. The number of nitrogens with two attached hydrogens (primary N) is 1. The maximum Gasteiger partial charge on any atom is 0.329 e. The SMILES string of the molecule is COc1c(C)cc2c(c1O)[C@@H]1C3[C@@H]4SC[C@H](NC(=O)C(C)N)C(=O)OC[C@@H](c5c6c(c(C)c(OC(C)=O)c54)OCO6)N3[C@@H](C#N)[C@H](C2)N1C. The Morgan fingerprint density at radius 3 is 2.59 bits per heavy atom. The Labute approximate surface area is 287 Å². The molecular weight excluding hydrogens is 654 g/mol. The minimum absolute atomic E-state index is 0.0249. The van der Waals surface area contributed by atoms with Crippen LogP contribution in [-0.4, -0.2) is 96.3 Å². The summed E-state index contributed by atoms with van der Waals surface area (Å²) in [5.41, 5.74) is 10.1. The summed E-state index contributed by atoms with van der Waals surface area (Å²) in [6.07, 6.45) is 0.481. The van der Waals surface area contributed by atoms with Crippen LogP contribution in [0.5, 0.6) is 28.7 Å². The zero-order valence-corrected chi connectivity index (χ0v) is 28.9. The normalized spacial score (nSPS) is 29.0. The second-order valence-corrected chi connectivity index (χ2v) is 14.4. The summed E-state index contributed by atoms with van der Waals surface area (Å²) in [5, 5.41) is 24.9. The zero-order valence-electron chi connectivity index (χ0n) is 28.1. The molecule has 0 radical (unpaired) electrons. The fourth-order valence-corrected chi connectivity index (χ4v) is 9.88. The first-order chi connectivity index (χ1) is 23.4. The van der Waals surface area contributed by atoms with Crippen molar-refractivity contribution in [2.24, 2.45) is 5.73 Å². The highest BCUT2D eigenvalue weighted by Crippen LogP contribution is 2.64. The Morgan fingerprint density at radius 1 is 1.18 bits per heavy atom. The molecule has 8 atom stereocenters. The highest BCUT2D eigenvalue weighted by molar-refractivity contribution is 7.99. The number of nitrogens with one attached hydrogen (secondary N) is 1. The van der Waals surface area contributed by atoms with Crippen LogP contribution in [0.2, 0.25) is 0 Å². The van der Waals surface area contributed by atoms with E-state index in [4.69, 9.17) is 29.4 Å². The number of benzene rings is 2. The Hall–Kier alpha value is -4.23. The average Bonchev–Trinajstić information content (AvgIpc) is 3.54. The van der Waals surface area contributed by atoms with Crippen molar-refractivity contribution in [3.63, 3.8) is 0 Å². The number of hydrogen-bond acceptors (Lipinski definition) is 14. The first kappa shape index (κ1) is 33.3. The molecule has 5 heterocycles. The van der Waals surface area contributed by atoms with Crippen LogP contribution < -0.4 is 30.0 Å². The fraction of sp³-hybridized carbons (Fsp3) is 0.529. The van der Waals surface area contributed by atoms with Crippen LogP contribution in [-0.2, 0) is 25.5 Å². The molecule has 4 N–H and O–H groups in total. The number of phenols is 1. The van der Waals surface area contributed by atoms with Crippen molar-refractivity contribution in [3.05, 3.63) is 39.4 Å². The molecule has 4 bridgehead atoms. The van der Waals surface area contributed by atoms with Crippen molar-refractivity contribution >= 4 is 29.6 Å². The number of esters is 2. The summed E-state index contributed by atoms with van der Waals surface area (Å²) in [7, 11) is 3.47. The third-order valence-electron chi connectivity index (χ3n) is 10.4. The van der Waals surface area contributed by atoms with Crippen molar-refractivity contribution in [3.8, 4) is 34.8 Å². The van der Waals surface area contributed by atoms with Gasteiger partial charge in [-0.2, -0.15) is 5.26 Å². The molecule has 7 rings (SSSR count). The first-order valence-corrected chi connectivity index (χ1v) is 17.2. The van der Waals surface area contributed by atoms with Crippen LogP contribution in [0.3, 0.4) is 0 Å². The van der Waals surface area contributed by atoms with Gasteiger partial charge in [0.25, 0.3) is 0 Å². The minimum Gasteiger partial charge on any atom is -0.504 e. The quantitative estimate of drug-likeness (QED) is 0.312. The van der Waals surface area contributed by atoms with Crippen LogP contribution >= 0.6 is 11.8 Å². The summed E-state index contributed by atoms with van der Waals surface area (Å²) in [6, 6.07) is -0.0699. The average molecular weight is 694 g/mol. The van der Waals surface area contributed by atoms with Gasteiger partial charge in [0, 0.05) is 47.0 Å². The van der Waals surface area contributed by atoms with Gasteiger partial charge in [0.1, 0.15) is 24.4 Å². The third-order valence-corrected chi connectivity index (χ3v) is 11.8. The van der Waals surface area contributed by atoms with Gasteiger partial charge in [0.05, 0.1) is 36.6 Å². The lowest BCUT2D eigenvalue weighted by Crippen LogP contribution is -2.69. The van der Waals surface area contributed by atoms with E-state index in [1.54, 1.807) is 6.92 Å². The zero-order chi connectivity index (χ0) is 35.0. The van der Waals surface area contributed by atoms with Gasteiger partial charge in [-0.3, -0.25) is 19.4 Å². The molecule has 0 saturated carbocycles. The number of aryl methyl sites for hydroxylation is 1. The number of hydrogen-bond donors (Lipinski definition) is 3. The number of nitrogens with zero attached hydrogens (tertiary/aromatic N) is 3. The molecule has 2 fully saturated rings. The Kier molecular flexibility index (Phi) is 8.33. The van der Waals surface area contributed by atoms with E-state index in [1.165, 1.54) is 32.7 Å². The molecule has 0 aliphatic carbocycles. The second-order valence-electron chi connectivity index (χ2n) is 13.2. The van der Waals surface area contributed by atoms with E-state index < -0.39 is 59.3 Å². The molecule has 2 unspecified atom stereocenters. The summed E-state index contributed by atoms with van der Waals surface area (Å²) in [6.45, 7) is 6.25. The van der Waals surface area contributed by atoms with Gasteiger partial charge in [0.15, 0.2) is 23.0 Å². The fourth-order valence-electron chi connectivity index (χ4n) is 8.37. The highest BCUT2D eigenvalue weighted by Gasteiger charge is 2.60. The van der Waals surface area contributed by atoms with Crippen molar-refractivity contribution < 1.29 is 43.2 Å². The lowest BCUT2D eigenvalue weighted by Gasteiger charge is -2.61. The number of carbonyl (C=O) groups excluding carboxylic acids is 3. The number of nitriles is 1. The van der Waals surface area contributed by atoms with Gasteiger partial charge < -0.3 is 39.8 Å². The molecule has 2 aromatic carbocycles. The highest BCUT2D eigenvalue weighted by atomic mass is 32.2. The minimum atomic E-state index is -1.04. The van der Waals surface area contributed by atoms with Crippen molar-refractivity contribution in [2.45, 2.75) is 81.7 Å². The second kappa shape index (κ2) is 12.3. The lowest BCUT2D eigenvalue weighted by atomic mass is 9.71. The molecule has 0 spiro atoms. The molecule has 260 valence electrons. The molecule has 0 aromatic heterocycles. The number of cyclic esters (lactones) is 1. The number of amides is 1. The van der Waals surface area contributed by atoms with E-state index in [0.717, 1.165) is 11.1 Å². The van der Waals surface area contributed by atoms with E-state index in [2.05, 4.69) is 21.2 Å². The number of thioether (sulfide) groups is 1. The number of likely N-dealkylation sites (N-methyl/N-ethyl adjacent to an activating group) is 1. The van der Waals surface area contributed by atoms with E-state index in [0.29, 0.717) is 51.7 Å². The molecule has 15 heteroatoms. The molecule has 49 heavy (non-hydrogen) atoms. The summed E-state index contributed by atoms with van der Waals surface area (Å²) >= 11 is 1.37. The van der Waals surface area contributed by atoms with Crippen LogP contribution in [0.1, 0.15) is 64.6 Å². The molecule has 5 aliphatic rings. The molecule has 2 saturated heterocycles. The smallest absolute Gasteiger partial charge is 0.329 e. The van der Waals surface area contributed by atoms with Crippen molar-refractivity contribution in [2.75, 3.05) is 33.3 Å². The van der Waals surface area contributed by atoms with Gasteiger partial charge in [-0.1, -0.05) is 6.07 Å². The molecular formula is C34H39N5O9S. The number of piperazine rings is 1. The maximum atomic E-state index is 13.6. The largest absolute Gasteiger partial charge is 0.504 e. The summed E-state index contributed by atoms with van der Waals surface area (Å²) < 4.78 is 29.7. The standard InChI is InChI=1S/C34H39N5O9S/c1-13-7-17-8-19-20(9-35)39-21-10-45-34(43)18(37-33(42)15(3)36)11-49-32(26(39)25(38(19)5)22(17)27(41)28(13)44-6)24-23(21)31-30(46-12-47-31)14(2)29(24)48-16(4)40/h7,15,18-21,25-26,32,41H,8,10-12,36H2,1-6H3,(H,37,42)/t15?,18-,19-,20-,21-,25+,26?,32+/m0/s1. The lowest BCUT2D eigenvalue weighted by molar-refractivity contribution is -0.152. The van der Waals surface area contributed by atoms with Gasteiger partial charge >= 0.3 is 11.9 Å². The maximum absolute atomic E-state index is 13.6. The number of fused-ring (bicyclic) bond motifs is 9. The summed E-state index contributed by atoms with van der Waals surface area (Å²) in [4.78, 5) is 43.3. The monoisotopic (exact) mass is 693 g/mol. The number of ether oxygens (including phenoxy) is 5. The molecule has 1 amide bonds.